The van der Waals surface area contributed by atoms with Crippen LogP contribution in [0.4, 0.5) is 0 Å². The Kier molecular flexibility index (Phi) is 2.28. The Labute approximate surface area is 85.1 Å². The molecular weight excluding hydrogens is 202 g/mol. The first-order valence-electron chi connectivity index (χ1n) is 3.91. The summed E-state index contributed by atoms with van der Waals surface area (Å²) in [5.41, 5.74) is 1.05. The van der Waals surface area contributed by atoms with Crippen LogP contribution in [0.2, 0.25) is 5.02 Å². The van der Waals surface area contributed by atoms with E-state index in [0.29, 0.717) is 16.3 Å². The summed E-state index contributed by atoms with van der Waals surface area (Å²) in [6, 6.07) is 5.09. The summed E-state index contributed by atoms with van der Waals surface area (Å²) >= 11 is 5.95. The number of hydrogen-bond donors (Lipinski definition) is 0. The summed E-state index contributed by atoms with van der Waals surface area (Å²) in [5, 5.41) is 4.39. The average Bonchev–Trinajstić information content (AvgIpc) is 2.70. The zero-order chi connectivity index (χ0) is 9.97. The quantitative estimate of drug-likeness (QED) is 0.705. The molecule has 0 bridgehead atoms. The molecule has 2 rings (SSSR count). The highest BCUT2D eigenvalue weighted by atomic mass is 35.5. The van der Waals surface area contributed by atoms with Gasteiger partial charge in [0.25, 0.3) is 0 Å². The molecule has 0 saturated heterocycles. The van der Waals surface area contributed by atoms with Gasteiger partial charge in [-0.2, -0.15) is 5.10 Å². The maximum absolute atomic E-state index is 10.8. The van der Waals surface area contributed by atoms with E-state index in [2.05, 4.69) is 10.1 Å². The molecule has 5 heteroatoms. The first-order valence-corrected chi connectivity index (χ1v) is 4.29. The van der Waals surface area contributed by atoms with Crippen molar-refractivity contribution in [3.05, 3.63) is 41.4 Å². The zero-order valence-electron chi connectivity index (χ0n) is 7.09. The van der Waals surface area contributed by atoms with Gasteiger partial charge in [0.15, 0.2) is 6.29 Å². The Bertz CT molecular complexity index is 453. The molecule has 0 aliphatic heterocycles. The number of aromatic nitrogens is 3. The van der Waals surface area contributed by atoms with Crippen molar-refractivity contribution in [1.82, 2.24) is 14.8 Å². The monoisotopic (exact) mass is 207 g/mol. The van der Waals surface area contributed by atoms with Gasteiger partial charge in [-0.1, -0.05) is 17.7 Å². The number of rotatable bonds is 2. The van der Waals surface area contributed by atoms with E-state index in [4.69, 9.17) is 11.6 Å². The molecule has 0 fully saturated rings. The van der Waals surface area contributed by atoms with Crippen LogP contribution in [0.25, 0.3) is 5.69 Å². The van der Waals surface area contributed by atoms with Crippen LogP contribution in [-0.2, 0) is 0 Å². The molecule has 14 heavy (non-hydrogen) atoms. The fourth-order valence-corrected chi connectivity index (χ4v) is 1.46. The van der Waals surface area contributed by atoms with Crippen LogP contribution in [0.5, 0.6) is 0 Å². The molecule has 0 N–H and O–H groups in total. The van der Waals surface area contributed by atoms with Crippen molar-refractivity contribution in [1.29, 1.82) is 0 Å². The summed E-state index contributed by atoms with van der Waals surface area (Å²) < 4.78 is 1.46. The van der Waals surface area contributed by atoms with Crippen molar-refractivity contribution in [2.45, 2.75) is 0 Å². The van der Waals surface area contributed by atoms with Gasteiger partial charge in [0.2, 0.25) is 0 Å². The second-order valence-electron chi connectivity index (χ2n) is 2.64. The molecule has 0 spiro atoms. The Morgan fingerprint density at radius 1 is 1.43 bits per heavy atom. The van der Waals surface area contributed by atoms with Crippen LogP contribution in [0.3, 0.4) is 0 Å². The molecule has 0 atom stereocenters. The van der Waals surface area contributed by atoms with Crippen LogP contribution in [0, 0.1) is 0 Å². The Morgan fingerprint density at radius 2 is 2.29 bits per heavy atom. The summed E-state index contributed by atoms with van der Waals surface area (Å²) in [7, 11) is 0. The molecule has 0 unspecified atom stereocenters. The van der Waals surface area contributed by atoms with Gasteiger partial charge < -0.3 is 0 Å². The number of carbonyl (C=O) groups excluding carboxylic acids is 1. The van der Waals surface area contributed by atoms with Gasteiger partial charge in [-0.3, -0.25) is 4.79 Å². The van der Waals surface area contributed by atoms with E-state index in [-0.39, 0.29) is 0 Å². The number of nitrogens with zero attached hydrogens (tertiary/aromatic N) is 3. The number of halogens is 1. The molecule has 1 aromatic heterocycles. The molecule has 70 valence electrons. The van der Waals surface area contributed by atoms with Crippen molar-refractivity contribution in [2.24, 2.45) is 0 Å². The third kappa shape index (κ3) is 1.40. The van der Waals surface area contributed by atoms with E-state index in [1.165, 1.54) is 17.3 Å². The topological polar surface area (TPSA) is 47.8 Å². The lowest BCUT2D eigenvalue weighted by Crippen LogP contribution is -2.00. The zero-order valence-corrected chi connectivity index (χ0v) is 7.85. The van der Waals surface area contributed by atoms with Crippen molar-refractivity contribution >= 4 is 17.9 Å². The van der Waals surface area contributed by atoms with Crippen molar-refractivity contribution < 1.29 is 4.79 Å². The van der Waals surface area contributed by atoms with Crippen LogP contribution in [-0.4, -0.2) is 21.1 Å². The standard InChI is InChI=1S/C9H6ClN3O/c10-8-3-1-2-7(4-14)9(8)13-6-11-5-12-13/h1-6H. The molecule has 0 aliphatic carbocycles. The van der Waals surface area contributed by atoms with Crippen molar-refractivity contribution in [3.8, 4) is 5.69 Å². The van der Waals surface area contributed by atoms with Gasteiger partial charge >= 0.3 is 0 Å². The highest BCUT2D eigenvalue weighted by Crippen LogP contribution is 2.21. The lowest BCUT2D eigenvalue weighted by Gasteiger charge is -2.05. The van der Waals surface area contributed by atoms with Crippen LogP contribution >= 0.6 is 11.6 Å². The normalized spacial score (nSPS) is 10.1. The van der Waals surface area contributed by atoms with E-state index < -0.39 is 0 Å². The van der Waals surface area contributed by atoms with E-state index >= 15 is 0 Å². The second-order valence-corrected chi connectivity index (χ2v) is 3.04. The first-order chi connectivity index (χ1) is 6.83. The summed E-state index contributed by atoms with van der Waals surface area (Å²) in [5.74, 6) is 0. The summed E-state index contributed by atoms with van der Waals surface area (Å²) in [6.07, 6.45) is 3.62. The Morgan fingerprint density at radius 3 is 2.93 bits per heavy atom. The largest absolute Gasteiger partial charge is 0.298 e. The number of aldehydes is 1. The lowest BCUT2D eigenvalue weighted by molar-refractivity contribution is 0.112. The number of benzene rings is 1. The molecule has 1 heterocycles. The fraction of sp³-hybridized carbons (Fsp3) is 0. The molecule has 0 aliphatic rings. The van der Waals surface area contributed by atoms with Gasteiger partial charge in [-0.15, -0.1) is 0 Å². The molecular formula is C9H6ClN3O. The number of carbonyl (C=O) groups is 1. The third-order valence-electron chi connectivity index (χ3n) is 1.79. The highest BCUT2D eigenvalue weighted by molar-refractivity contribution is 6.32. The van der Waals surface area contributed by atoms with E-state index in [9.17, 15) is 4.79 Å². The van der Waals surface area contributed by atoms with Gasteiger partial charge in [-0.25, -0.2) is 9.67 Å². The maximum atomic E-state index is 10.8. The smallest absolute Gasteiger partial charge is 0.152 e. The SMILES string of the molecule is O=Cc1cccc(Cl)c1-n1cncn1. The van der Waals surface area contributed by atoms with Crippen LogP contribution < -0.4 is 0 Å². The number of para-hydroxylation sites is 1. The van der Waals surface area contributed by atoms with Gasteiger partial charge in [0, 0.05) is 5.56 Å². The second kappa shape index (κ2) is 3.59. The minimum atomic E-state index is 0.472. The molecule has 1 aromatic carbocycles. The van der Waals surface area contributed by atoms with E-state index in [1.807, 2.05) is 0 Å². The Balaban J connectivity index is 2.67. The van der Waals surface area contributed by atoms with Crippen molar-refractivity contribution in [2.75, 3.05) is 0 Å². The molecule has 4 nitrogen and oxygen atoms in total. The molecule has 0 amide bonds. The highest BCUT2D eigenvalue weighted by Gasteiger charge is 2.08. The maximum Gasteiger partial charge on any atom is 0.152 e. The van der Waals surface area contributed by atoms with Crippen molar-refractivity contribution in [3.63, 3.8) is 0 Å². The average molecular weight is 208 g/mol. The summed E-state index contributed by atoms with van der Waals surface area (Å²) in [6.45, 7) is 0. The van der Waals surface area contributed by atoms with E-state index in [1.54, 1.807) is 18.2 Å². The minimum Gasteiger partial charge on any atom is -0.298 e. The van der Waals surface area contributed by atoms with Crippen LogP contribution in [0.1, 0.15) is 10.4 Å². The first kappa shape index (κ1) is 8.90. The third-order valence-corrected chi connectivity index (χ3v) is 2.10. The van der Waals surface area contributed by atoms with Gasteiger partial charge in [0.05, 0.1) is 10.7 Å². The van der Waals surface area contributed by atoms with Crippen LogP contribution in [0.15, 0.2) is 30.9 Å². The fourth-order valence-electron chi connectivity index (χ4n) is 1.19. The lowest BCUT2D eigenvalue weighted by atomic mass is 10.2. The predicted octanol–water partition coefficient (Wildman–Crippen LogP) is 1.73. The van der Waals surface area contributed by atoms with Gasteiger partial charge in [0.1, 0.15) is 12.7 Å². The molecule has 2 aromatic rings. The molecule has 0 saturated carbocycles. The number of hydrogen-bond acceptors (Lipinski definition) is 3. The van der Waals surface area contributed by atoms with Gasteiger partial charge in [-0.05, 0) is 12.1 Å². The Hall–Kier alpha value is -1.68. The minimum absolute atomic E-state index is 0.472. The summed E-state index contributed by atoms with van der Waals surface area (Å²) in [4.78, 5) is 14.5. The predicted molar refractivity (Wildman–Crippen MR) is 51.8 cm³/mol. The molecule has 0 radical (unpaired) electrons. The van der Waals surface area contributed by atoms with E-state index in [0.717, 1.165) is 6.29 Å².